The molecule has 1 saturated carbocycles. The van der Waals surface area contributed by atoms with Crippen LogP contribution in [0.25, 0.3) is 0 Å². The molecule has 2 N–H and O–H groups in total. The third-order valence-corrected chi connectivity index (χ3v) is 6.99. The first-order valence-corrected chi connectivity index (χ1v) is 12.2. The summed E-state index contributed by atoms with van der Waals surface area (Å²) in [7, 11) is 0. The molecule has 0 spiro atoms. The standard InChI is InChI=1S/C24H28FN3O4S/c25-18-10-3-4-11-19(18)28(24(31)23(30)27-16-7-1-2-8-16)21(20-12-6-14-33-20)22(29)26-15-17-9-5-13-32-17/h3-4,6,10-12,14,16-17,21H,1-2,5,7-9,13,15H2,(H,26,29)(H,27,30)/t17-,21-/m0/s1. The van der Waals surface area contributed by atoms with Crippen molar-refractivity contribution in [3.05, 3.63) is 52.5 Å². The Morgan fingerprint density at radius 2 is 1.88 bits per heavy atom. The third-order valence-electron chi connectivity index (χ3n) is 6.06. The van der Waals surface area contributed by atoms with Crippen molar-refractivity contribution < 1.29 is 23.5 Å². The molecule has 2 atom stereocenters. The molecule has 1 aromatic carbocycles. The highest BCUT2D eigenvalue weighted by molar-refractivity contribution is 7.10. The van der Waals surface area contributed by atoms with Gasteiger partial charge in [0.2, 0.25) is 5.91 Å². The Morgan fingerprint density at radius 1 is 1.09 bits per heavy atom. The molecule has 4 rings (SSSR count). The first-order chi connectivity index (χ1) is 16.0. The molecule has 9 heteroatoms. The maximum atomic E-state index is 14.9. The molecule has 2 heterocycles. The molecule has 0 radical (unpaired) electrons. The Kier molecular flexibility index (Phi) is 7.72. The Balaban J connectivity index is 1.65. The smallest absolute Gasteiger partial charge is 0.317 e. The number of anilines is 1. The number of amides is 3. The molecule has 0 bridgehead atoms. The fourth-order valence-electron chi connectivity index (χ4n) is 4.38. The second-order valence-corrected chi connectivity index (χ2v) is 9.36. The zero-order valence-corrected chi connectivity index (χ0v) is 19.1. The lowest BCUT2D eigenvalue weighted by molar-refractivity contribution is -0.139. The van der Waals surface area contributed by atoms with Gasteiger partial charge in [0, 0.05) is 24.1 Å². The normalized spacial score (nSPS) is 19.2. The maximum absolute atomic E-state index is 14.9. The number of benzene rings is 1. The zero-order valence-electron chi connectivity index (χ0n) is 18.3. The summed E-state index contributed by atoms with van der Waals surface area (Å²) < 4.78 is 20.5. The van der Waals surface area contributed by atoms with Crippen molar-refractivity contribution in [1.82, 2.24) is 10.6 Å². The molecule has 1 saturated heterocycles. The van der Waals surface area contributed by atoms with Crippen molar-refractivity contribution in [3.63, 3.8) is 0 Å². The molecule has 3 amide bonds. The van der Waals surface area contributed by atoms with E-state index in [-0.39, 0.29) is 24.4 Å². The Labute approximate surface area is 196 Å². The van der Waals surface area contributed by atoms with Crippen molar-refractivity contribution in [1.29, 1.82) is 0 Å². The van der Waals surface area contributed by atoms with Crippen LogP contribution in [0.5, 0.6) is 0 Å². The van der Waals surface area contributed by atoms with Crippen molar-refractivity contribution in [2.75, 3.05) is 18.1 Å². The van der Waals surface area contributed by atoms with Crippen LogP contribution in [0.2, 0.25) is 0 Å². The van der Waals surface area contributed by atoms with Crippen LogP contribution in [-0.4, -0.2) is 43.0 Å². The summed E-state index contributed by atoms with van der Waals surface area (Å²) >= 11 is 1.27. The molecular weight excluding hydrogens is 445 g/mol. The van der Waals surface area contributed by atoms with Gasteiger partial charge < -0.3 is 15.4 Å². The number of rotatable bonds is 7. The Hall–Kier alpha value is -2.78. The molecule has 1 aromatic heterocycles. The molecule has 33 heavy (non-hydrogen) atoms. The minimum absolute atomic E-state index is 0.0857. The van der Waals surface area contributed by atoms with Gasteiger partial charge in [0.25, 0.3) is 0 Å². The van der Waals surface area contributed by atoms with Crippen LogP contribution in [-0.2, 0) is 19.1 Å². The van der Waals surface area contributed by atoms with Crippen LogP contribution in [0.15, 0.2) is 41.8 Å². The van der Waals surface area contributed by atoms with Gasteiger partial charge in [-0.2, -0.15) is 0 Å². The van der Waals surface area contributed by atoms with E-state index in [1.54, 1.807) is 23.6 Å². The minimum Gasteiger partial charge on any atom is -0.376 e. The van der Waals surface area contributed by atoms with Gasteiger partial charge in [0.05, 0.1) is 11.8 Å². The van der Waals surface area contributed by atoms with E-state index >= 15 is 0 Å². The van der Waals surface area contributed by atoms with Crippen LogP contribution < -0.4 is 15.5 Å². The summed E-state index contributed by atoms with van der Waals surface area (Å²) in [5.74, 6) is -2.97. The fraction of sp³-hybridized carbons (Fsp3) is 0.458. The number of halogens is 1. The van der Waals surface area contributed by atoms with Gasteiger partial charge in [-0.3, -0.25) is 19.3 Å². The molecule has 2 fully saturated rings. The number of hydrogen-bond acceptors (Lipinski definition) is 5. The first kappa shape index (κ1) is 23.4. The lowest BCUT2D eigenvalue weighted by Gasteiger charge is -2.31. The van der Waals surface area contributed by atoms with Crippen molar-refractivity contribution >= 4 is 34.7 Å². The highest BCUT2D eigenvalue weighted by Gasteiger charge is 2.38. The van der Waals surface area contributed by atoms with Crippen LogP contribution in [0.3, 0.4) is 0 Å². The van der Waals surface area contributed by atoms with Gasteiger partial charge in [0.15, 0.2) is 6.04 Å². The number of nitrogens with one attached hydrogen (secondary N) is 2. The van der Waals surface area contributed by atoms with E-state index in [1.165, 1.54) is 29.5 Å². The second-order valence-electron chi connectivity index (χ2n) is 8.38. The van der Waals surface area contributed by atoms with E-state index in [0.29, 0.717) is 11.5 Å². The molecule has 2 aromatic rings. The summed E-state index contributed by atoms with van der Waals surface area (Å²) in [5.41, 5.74) is -0.116. The molecular formula is C24H28FN3O4S. The monoisotopic (exact) mass is 473 g/mol. The van der Waals surface area contributed by atoms with E-state index in [1.807, 2.05) is 0 Å². The number of thiophene rings is 1. The largest absolute Gasteiger partial charge is 0.376 e. The first-order valence-electron chi connectivity index (χ1n) is 11.4. The highest BCUT2D eigenvalue weighted by atomic mass is 32.1. The Morgan fingerprint density at radius 3 is 2.55 bits per heavy atom. The molecule has 1 aliphatic carbocycles. The number of nitrogens with zero attached hydrogens (tertiary/aromatic N) is 1. The van der Waals surface area contributed by atoms with Gasteiger partial charge in [-0.25, -0.2) is 4.39 Å². The van der Waals surface area contributed by atoms with E-state index in [9.17, 15) is 18.8 Å². The van der Waals surface area contributed by atoms with Crippen LogP contribution in [0, 0.1) is 5.82 Å². The van der Waals surface area contributed by atoms with Crippen molar-refractivity contribution in [2.45, 2.75) is 56.7 Å². The minimum atomic E-state index is -1.19. The van der Waals surface area contributed by atoms with Crippen LogP contribution in [0.1, 0.15) is 49.4 Å². The molecule has 0 unspecified atom stereocenters. The quantitative estimate of drug-likeness (QED) is 0.604. The van der Waals surface area contributed by atoms with Crippen molar-refractivity contribution in [2.24, 2.45) is 0 Å². The number of carbonyl (C=O) groups excluding carboxylic acids is 3. The lowest BCUT2D eigenvalue weighted by atomic mass is 10.1. The lowest BCUT2D eigenvalue weighted by Crippen LogP contribution is -2.51. The summed E-state index contributed by atoms with van der Waals surface area (Å²) in [6.45, 7) is 0.935. The average molecular weight is 474 g/mol. The summed E-state index contributed by atoms with van der Waals surface area (Å²) in [5, 5.41) is 7.38. The molecule has 176 valence electrons. The summed E-state index contributed by atoms with van der Waals surface area (Å²) in [4.78, 5) is 41.3. The van der Waals surface area contributed by atoms with Gasteiger partial charge in [-0.15, -0.1) is 11.3 Å². The van der Waals surface area contributed by atoms with Crippen LogP contribution >= 0.6 is 11.3 Å². The zero-order chi connectivity index (χ0) is 23.2. The highest BCUT2D eigenvalue weighted by Crippen LogP contribution is 2.32. The topological polar surface area (TPSA) is 87.7 Å². The number of para-hydroxylation sites is 1. The third kappa shape index (κ3) is 5.59. The number of carbonyl (C=O) groups is 3. The van der Waals surface area contributed by atoms with Gasteiger partial charge >= 0.3 is 11.8 Å². The van der Waals surface area contributed by atoms with Gasteiger partial charge in [0.1, 0.15) is 5.82 Å². The summed E-state index contributed by atoms with van der Waals surface area (Å²) in [6.07, 6.45) is 5.24. The molecule has 2 aliphatic rings. The predicted molar refractivity (Wildman–Crippen MR) is 123 cm³/mol. The predicted octanol–water partition coefficient (Wildman–Crippen LogP) is 3.32. The summed E-state index contributed by atoms with van der Waals surface area (Å²) in [6, 6.07) is 7.87. The number of hydrogen-bond donors (Lipinski definition) is 2. The molecule has 1 aliphatic heterocycles. The second kappa shape index (κ2) is 10.9. The van der Waals surface area contributed by atoms with Gasteiger partial charge in [-0.05, 0) is 49.3 Å². The van der Waals surface area contributed by atoms with E-state index in [4.69, 9.17) is 4.74 Å². The van der Waals surface area contributed by atoms with Crippen molar-refractivity contribution in [3.8, 4) is 0 Å². The fourth-order valence-corrected chi connectivity index (χ4v) is 5.19. The Bertz CT molecular complexity index is 972. The van der Waals surface area contributed by atoms with E-state index in [0.717, 1.165) is 43.4 Å². The average Bonchev–Trinajstić information content (AvgIpc) is 3.60. The van der Waals surface area contributed by atoms with E-state index < -0.39 is 29.6 Å². The molecule has 7 nitrogen and oxygen atoms in total. The van der Waals surface area contributed by atoms with E-state index in [2.05, 4.69) is 10.6 Å². The SMILES string of the molecule is O=C(NC1CCCC1)C(=O)N(c1ccccc1F)[C@H](C(=O)NC[C@@H]1CCCO1)c1cccs1. The van der Waals surface area contributed by atoms with Gasteiger partial charge in [-0.1, -0.05) is 31.0 Å². The maximum Gasteiger partial charge on any atom is 0.317 e. The van der Waals surface area contributed by atoms with Crippen LogP contribution in [0.4, 0.5) is 10.1 Å². The number of ether oxygens (including phenoxy) is 1.